The number of hydrogen-bond acceptors (Lipinski definition) is 12. The molecule has 244 valence electrons. The number of benzene rings is 1. The van der Waals surface area contributed by atoms with Crippen LogP contribution in [0.4, 0.5) is 15.5 Å². The minimum Gasteiger partial charge on any atom is -0.460 e. The first-order chi connectivity index (χ1) is 20.8. The van der Waals surface area contributed by atoms with Crippen molar-refractivity contribution in [2.24, 2.45) is 10.6 Å². The number of nitro benzene ring substituents is 1. The van der Waals surface area contributed by atoms with Crippen LogP contribution in [-0.4, -0.2) is 86.5 Å². The molecule has 0 aliphatic carbocycles. The van der Waals surface area contributed by atoms with Gasteiger partial charge in [0, 0.05) is 42.2 Å². The molecule has 16 nitrogen and oxygen atoms in total. The predicted molar refractivity (Wildman–Crippen MR) is 161 cm³/mol. The van der Waals surface area contributed by atoms with E-state index < -0.39 is 97.7 Å². The summed E-state index contributed by atoms with van der Waals surface area (Å²) >= 11 is 1.20. The molecule has 2 N–H and O–H groups in total. The van der Waals surface area contributed by atoms with E-state index in [2.05, 4.69) is 0 Å². The third-order valence-electron chi connectivity index (χ3n) is 6.94. The van der Waals surface area contributed by atoms with Crippen LogP contribution in [0.5, 0.6) is 0 Å². The lowest BCUT2D eigenvalue weighted by Crippen LogP contribution is -2.78. The van der Waals surface area contributed by atoms with Crippen molar-refractivity contribution in [2.75, 3.05) is 23.7 Å². The second kappa shape index (κ2) is 12.5. The summed E-state index contributed by atoms with van der Waals surface area (Å²) in [4.78, 5) is 65.6. The topological polar surface area (TPSA) is 217 Å². The number of anilines is 1. The van der Waals surface area contributed by atoms with Crippen LogP contribution in [-0.2, 0) is 51.5 Å². The largest absolute Gasteiger partial charge is 0.460 e. The maximum Gasteiger partial charge on any atom is 0.425 e. The van der Waals surface area contributed by atoms with Crippen molar-refractivity contribution in [1.29, 1.82) is 0 Å². The number of rotatable bonds is 9. The molecule has 19 heteroatoms. The van der Waals surface area contributed by atoms with Crippen LogP contribution in [0.15, 0.2) is 41.8 Å². The van der Waals surface area contributed by atoms with Crippen molar-refractivity contribution < 1.29 is 46.2 Å². The average molecular weight is 686 g/mol. The minimum atomic E-state index is -4.86. The van der Waals surface area contributed by atoms with Crippen LogP contribution in [0.3, 0.4) is 0 Å². The molecule has 0 bridgehead atoms. The van der Waals surface area contributed by atoms with Gasteiger partial charge in [0.1, 0.15) is 29.0 Å². The highest BCUT2D eigenvalue weighted by Gasteiger charge is 2.63. The van der Waals surface area contributed by atoms with E-state index in [9.17, 15) is 41.9 Å². The van der Waals surface area contributed by atoms with Crippen LogP contribution in [0.1, 0.15) is 33.3 Å². The van der Waals surface area contributed by atoms with Gasteiger partial charge in [0.05, 0.1) is 16.5 Å². The van der Waals surface area contributed by atoms with Gasteiger partial charge in [-0.15, -0.1) is 11.3 Å². The number of carbonyl (C=O) groups excluding carboxylic acids is 4. The van der Waals surface area contributed by atoms with Gasteiger partial charge in [-0.05, 0) is 56.0 Å². The van der Waals surface area contributed by atoms with E-state index in [0.717, 1.165) is 4.90 Å². The highest BCUT2D eigenvalue weighted by atomic mass is 32.2. The molecule has 2 aliphatic rings. The fraction of sp³-hybridized carbons (Fsp3) is 0.462. The number of nitrogens with two attached hydrogens (primary N) is 1. The number of fused-ring (bicyclic) bond motifs is 1. The quantitative estimate of drug-likeness (QED) is 0.173. The Bertz CT molecular complexity index is 1640. The third kappa shape index (κ3) is 7.15. The van der Waals surface area contributed by atoms with Crippen LogP contribution < -0.4 is 10.0 Å². The molecule has 0 saturated carbocycles. The van der Waals surface area contributed by atoms with Gasteiger partial charge in [-0.2, -0.15) is 12.7 Å². The van der Waals surface area contributed by atoms with Gasteiger partial charge in [-0.1, -0.05) is 0 Å². The zero-order valence-corrected chi connectivity index (χ0v) is 27.1. The molecule has 1 aromatic heterocycles. The molecule has 3 unspecified atom stereocenters. The normalized spacial score (nSPS) is 22.9. The Morgan fingerprint density at radius 2 is 1.87 bits per heavy atom. The van der Waals surface area contributed by atoms with Gasteiger partial charge in [0.25, 0.3) is 5.69 Å². The van der Waals surface area contributed by atoms with E-state index in [1.807, 2.05) is 0 Å². The number of esters is 1. The third-order valence-corrected chi connectivity index (χ3v) is 10.6. The lowest BCUT2D eigenvalue weighted by molar-refractivity contribution is -0.384. The van der Waals surface area contributed by atoms with Crippen LogP contribution in [0.25, 0.3) is 0 Å². The number of hydrogen-bond donors (Lipinski definition) is 1. The SMILES string of the molecule is CC(=O)N(c1cccs1)C1C(=O)N2CC(CN(C(=O)OC(C)(C)C)S(N)(=O)=O)(C(=O)OCc3ccc([N+](=O)[O-])cc3)CS(=O)[C@H]12. The zero-order chi connectivity index (χ0) is 33.5. The molecule has 45 heavy (non-hydrogen) atoms. The second-order valence-corrected chi connectivity index (χ2v) is 15.4. The number of carbonyl (C=O) groups is 4. The van der Waals surface area contributed by atoms with Crippen molar-refractivity contribution in [1.82, 2.24) is 9.21 Å². The number of amides is 3. The standard InChI is InChI=1S/C26H31N5O11S3/c1-16(32)30(19-6-5-11-43-19)20-21(33)28-13-26(15-44(38)22(20)28,14-29(45(27,39)40)24(35)42-25(2,3)4)23(34)41-12-17-7-9-18(10-8-17)31(36)37/h5-11,20,22H,12-15H2,1-4H3,(H2,27,39,40)/t20?,22-,26?,44?/m1/s1. The summed E-state index contributed by atoms with van der Waals surface area (Å²) in [7, 11) is -6.94. The van der Waals surface area contributed by atoms with Crippen LogP contribution >= 0.6 is 11.3 Å². The molecule has 2 fully saturated rings. The maximum absolute atomic E-state index is 13.8. The first-order valence-electron chi connectivity index (χ1n) is 13.3. The van der Waals surface area contributed by atoms with Gasteiger partial charge < -0.3 is 14.4 Å². The van der Waals surface area contributed by atoms with E-state index >= 15 is 0 Å². The summed E-state index contributed by atoms with van der Waals surface area (Å²) in [6.45, 7) is 3.77. The van der Waals surface area contributed by atoms with E-state index in [0.29, 0.717) is 10.6 Å². The second-order valence-electron chi connectivity index (χ2n) is 11.5. The fourth-order valence-corrected chi connectivity index (χ4v) is 8.45. The van der Waals surface area contributed by atoms with Gasteiger partial charge in [0.15, 0.2) is 0 Å². The predicted octanol–water partition coefficient (Wildman–Crippen LogP) is 1.48. The molecule has 2 saturated heterocycles. The van der Waals surface area contributed by atoms with Gasteiger partial charge >= 0.3 is 22.3 Å². The molecular weight excluding hydrogens is 655 g/mol. The highest BCUT2D eigenvalue weighted by molar-refractivity contribution is 7.87. The number of nitro groups is 1. The van der Waals surface area contributed by atoms with Crippen LogP contribution in [0.2, 0.25) is 0 Å². The van der Waals surface area contributed by atoms with Crippen LogP contribution in [0, 0.1) is 15.5 Å². The monoisotopic (exact) mass is 685 g/mol. The van der Waals surface area contributed by atoms with E-state index in [1.165, 1.54) is 68.2 Å². The lowest BCUT2D eigenvalue weighted by atomic mass is 9.86. The Kier molecular flexibility index (Phi) is 9.39. The number of nitrogens with zero attached hydrogens (tertiary/aromatic N) is 4. The van der Waals surface area contributed by atoms with E-state index in [-0.39, 0.29) is 9.99 Å². The summed E-state index contributed by atoms with van der Waals surface area (Å²) in [5.41, 5.74) is -3.11. The van der Waals surface area contributed by atoms with Gasteiger partial charge in [-0.3, -0.25) is 33.6 Å². The number of non-ortho nitro benzene ring substituents is 1. The molecule has 3 heterocycles. The molecule has 4 rings (SSSR count). The van der Waals surface area contributed by atoms with Crippen molar-refractivity contribution in [2.45, 2.75) is 51.3 Å². The maximum atomic E-state index is 13.8. The molecule has 1 aromatic carbocycles. The number of thiophene rings is 1. The first-order valence-corrected chi connectivity index (χ1v) is 17.1. The Morgan fingerprint density at radius 1 is 1.22 bits per heavy atom. The molecule has 0 radical (unpaired) electrons. The molecular formula is C26H31N5O11S3. The van der Waals surface area contributed by atoms with E-state index in [4.69, 9.17) is 14.6 Å². The smallest absolute Gasteiger partial charge is 0.425 e. The fourth-order valence-electron chi connectivity index (χ4n) is 4.97. The van der Waals surface area contributed by atoms with Gasteiger partial charge in [0.2, 0.25) is 11.8 Å². The van der Waals surface area contributed by atoms with Gasteiger partial charge in [-0.25, -0.2) is 9.93 Å². The Balaban J connectivity index is 1.68. The number of β-lactam (4-membered cyclic amide) rings is 1. The van der Waals surface area contributed by atoms with Crippen molar-refractivity contribution in [3.63, 3.8) is 0 Å². The molecule has 2 aliphatic heterocycles. The van der Waals surface area contributed by atoms with E-state index in [1.54, 1.807) is 17.5 Å². The molecule has 0 spiro atoms. The average Bonchev–Trinajstić information content (AvgIpc) is 3.46. The van der Waals surface area contributed by atoms with Crippen molar-refractivity contribution in [3.05, 3.63) is 57.5 Å². The molecule has 2 aromatic rings. The summed E-state index contributed by atoms with van der Waals surface area (Å²) in [6, 6.07) is 7.23. The van der Waals surface area contributed by atoms with Crippen molar-refractivity contribution >= 4 is 66.9 Å². The molecule has 3 amide bonds. The van der Waals surface area contributed by atoms with Crippen molar-refractivity contribution in [3.8, 4) is 0 Å². The number of ether oxygens (including phenoxy) is 2. The summed E-state index contributed by atoms with van der Waals surface area (Å²) in [5, 5.41) is 17.4. The Morgan fingerprint density at radius 3 is 2.38 bits per heavy atom. The lowest BCUT2D eigenvalue weighted by Gasteiger charge is -2.56. The summed E-state index contributed by atoms with van der Waals surface area (Å²) in [6.07, 6.45) is -1.41. The zero-order valence-electron chi connectivity index (χ0n) is 24.6. The molecule has 4 atom stereocenters. The summed E-state index contributed by atoms with van der Waals surface area (Å²) < 4.78 is 49.8. The minimum absolute atomic E-state index is 0.123. The highest BCUT2D eigenvalue weighted by Crippen LogP contribution is 2.42. The summed E-state index contributed by atoms with van der Waals surface area (Å²) in [5.74, 6) is -2.80. The first kappa shape index (κ1) is 33.9. The Hall–Kier alpha value is -3.94. The Labute approximate surface area is 264 Å².